The van der Waals surface area contributed by atoms with Crippen LogP contribution in [0.25, 0.3) is 0 Å². The van der Waals surface area contributed by atoms with E-state index < -0.39 is 4.75 Å². The zero-order chi connectivity index (χ0) is 16.0. The smallest absolute Gasteiger partial charge is 0.234 e. The highest BCUT2D eigenvalue weighted by atomic mass is 32.2. The van der Waals surface area contributed by atoms with Crippen LogP contribution in [0, 0.1) is 11.8 Å². The molecule has 0 aromatic heterocycles. The van der Waals surface area contributed by atoms with E-state index in [1.807, 2.05) is 36.4 Å². The molecule has 0 N–H and O–H groups in total. The highest BCUT2D eigenvalue weighted by molar-refractivity contribution is 8.00. The lowest BCUT2D eigenvalue weighted by Gasteiger charge is -2.34. The molecule has 3 nitrogen and oxygen atoms in total. The van der Waals surface area contributed by atoms with Crippen molar-refractivity contribution in [3.05, 3.63) is 71.8 Å². The van der Waals surface area contributed by atoms with Crippen LogP contribution in [-0.2, 0) is 14.3 Å². The lowest BCUT2D eigenvalue weighted by Crippen LogP contribution is -2.37. The molecule has 23 heavy (non-hydrogen) atoms. The van der Waals surface area contributed by atoms with Crippen LogP contribution in [0.4, 0.5) is 0 Å². The van der Waals surface area contributed by atoms with Gasteiger partial charge in [-0.2, -0.15) is 0 Å². The number of amides is 2. The van der Waals surface area contributed by atoms with Gasteiger partial charge in [0.25, 0.3) is 0 Å². The van der Waals surface area contributed by atoms with Gasteiger partial charge in [0.15, 0.2) is 0 Å². The van der Waals surface area contributed by atoms with Gasteiger partial charge < -0.3 is 0 Å². The lowest BCUT2D eigenvalue weighted by atomic mass is 9.75. The summed E-state index contributed by atoms with van der Waals surface area (Å²) in [5, 5.41) is 0. The van der Waals surface area contributed by atoms with Crippen molar-refractivity contribution in [1.82, 2.24) is 4.90 Å². The number of thioether (sulfide) groups is 1. The van der Waals surface area contributed by atoms with Crippen LogP contribution in [0.5, 0.6) is 0 Å². The van der Waals surface area contributed by atoms with Crippen molar-refractivity contribution >= 4 is 23.6 Å². The summed E-state index contributed by atoms with van der Waals surface area (Å²) in [6.45, 7) is 0. The SMILES string of the molecule is CN1C(=O)C2CSC(c3ccccc3)(c3ccccc3)C2C1=O. The average Bonchev–Trinajstić information content (AvgIpc) is 3.11. The van der Waals surface area contributed by atoms with Gasteiger partial charge in [0.1, 0.15) is 0 Å². The number of fused-ring (bicyclic) bond motifs is 1. The van der Waals surface area contributed by atoms with E-state index in [-0.39, 0.29) is 23.7 Å². The van der Waals surface area contributed by atoms with Crippen molar-refractivity contribution in [1.29, 1.82) is 0 Å². The lowest BCUT2D eigenvalue weighted by molar-refractivity contribution is -0.138. The van der Waals surface area contributed by atoms with Crippen molar-refractivity contribution in [2.24, 2.45) is 11.8 Å². The Kier molecular flexibility index (Phi) is 3.31. The fourth-order valence-electron chi connectivity index (χ4n) is 3.88. The molecule has 4 heteroatoms. The molecular formula is C19H17NO2S. The molecule has 0 bridgehead atoms. The second kappa shape index (κ2) is 5.24. The van der Waals surface area contributed by atoms with Crippen molar-refractivity contribution in [2.45, 2.75) is 4.75 Å². The molecule has 0 radical (unpaired) electrons. The number of likely N-dealkylation sites (tertiary alicyclic amines) is 1. The van der Waals surface area contributed by atoms with Gasteiger partial charge >= 0.3 is 0 Å². The number of carbonyl (C=O) groups excluding carboxylic acids is 2. The summed E-state index contributed by atoms with van der Waals surface area (Å²) in [6.07, 6.45) is 0. The molecule has 2 aliphatic rings. The first-order valence-electron chi connectivity index (χ1n) is 7.72. The summed E-state index contributed by atoms with van der Waals surface area (Å²) >= 11 is 1.73. The van der Waals surface area contributed by atoms with Crippen LogP contribution in [0.3, 0.4) is 0 Å². The third-order valence-electron chi connectivity index (χ3n) is 4.98. The van der Waals surface area contributed by atoms with Gasteiger partial charge in [-0.25, -0.2) is 0 Å². The Morgan fingerprint density at radius 3 is 1.96 bits per heavy atom. The van der Waals surface area contributed by atoms with E-state index >= 15 is 0 Å². The predicted molar refractivity (Wildman–Crippen MR) is 90.9 cm³/mol. The quantitative estimate of drug-likeness (QED) is 0.798. The summed E-state index contributed by atoms with van der Waals surface area (Å²) in [4.78, 5) is 26.6. The number of imide groups is 1. The molecule has 2 amide bonds. The van der Waals surface area contributed by atoms with Gasteiger partial charge in [0, 0.05) is 12.8 Å². The van der Waals surface area contributed by atoms with Gasteiger partial charge in [0.05, 0.1) is 16.6 Å². The molecule has 2 fully saturated rings. The zero-order valence-corrected chi connectivity index (χ0v) is 13.6. The minimum absolute atomic E-state index is 0.0405. The highest BCUT2D eigenvalue weighted by Crippen LogP contribution is 2.59. The van der Waals surface area contributed by atoms with E-state index in [9.17, 15) is 9.59 Å². The van der Waals surface area contributed by atoms with E-state index in [0.29, 0.717) is 5.75 Å². The van der Waals surface area contributed by atoms with Crippen LogP contribution >= 0.6 is 11.8 Å². The normalized spacial score (nSPS) is 25.7. The van der Waals surface area contributed by atoms with Crippen LogP contribution in [-0.4, -0.2) is 29.5 Å². The van der Waals surface area contributed by atoms with E-state index in [1.54, 1.807) is 18.8 Å². The van der Waals surface area contributed by atoms with E-state index in [2.05, 4.69) is 24.3 Å². The first-order chi connectivity index (χ1) is 11.2. The summed E-state index contributed by atoms with van der Waals surface area (Å²) in [6, 6.07) is 20.2. The molecular weight excluding hydrogens is 306 g/mol. The average molecular weight is 323 g/mol. The van der Waals surface area contributed by atoms with Crippen molar-refractivity contribution in [3.8, 4) is 0 Å². The van der Waals surface area contributed by atoms with Gasteiger partial charge in [0.2, 0.25) is 11.8 Å². The zero-order valence-electron chi connectivity index (χ0n) is 12.8. The van der Waals surface area contributed by atoms with Crippen LogP contribution < -0.4 is 0 Å². The largest absolute Gasteiger partial charge is 0.285 e. The summed E-state index contributed by atoms with van der Waals surface area (Å²) in [7, 11) is 1.61. The van der Waals surface area contributed by atoms with Crippen LogP contribution in [0.1, 0.15) is 11.1 Å². The maximum absolute atomic E-state index is 12.9. The van der Waals surface area contributed by atoms with Crippen molar-refractivity contribution < 1.29 is 9.59 Å². The molecule has 2 aliphatic heterocycles. The molecule has 0 aliphatic carbocycles. The van der Waals surface area contributed by atoms with Gasteiger partial charge in [-0.1, -0.05) is 60.7 Å². The number of nitrogens with zero attached hydrogens (tertiary/aromatic N) is 1. The number of hydrogen-bond donors (Lipinski definition) is 0. The molecule has 2 atom stereocenters. The molecule has 2 aromatic rings. The van der Waals surface area contributed by atoms with Crippen LogP contribution in [0.2, 0.25) is 0 Å². The van der Waals surface area contributed by atoms with Crippen molar-refractivity contribution in [2.75, 3.05) is 12.8 Å². The van der Waals surface area contributed by atoms with Gasteiger partial charge in [-0.05, 0) is 11.1 Å². The Hall–Kier alpha value is -2.07. The van der Waals surface area contributed by atoms with E-state index in [1.165, 1.54) is 4.90 Å². The van der Waals surface area contributed by atoms with Gasteiger partial charge in [-0.15, -0.1) is 11.8 Å². The van der Waals surface area contributed by atoms with E-state index in [0.717, 1.165) is 11.1 Å². The maximum atomic E-state index is 12.9. The molecule has 2 saturated heterocycles. The van der Waals surface area contributed by atoms with E-state index in [4.69, 9.17) is 0 Å². The molecule has 116 valence electrons. The Balaban J connectivity index is 1.95. The molecule has 2 unspecified atom stereocenters. The number of rotatable bonds is 2. The minimum atomic E-state index is -0.481. The maximum Gasteiger partial charge on any atom is 0.234 e. The molecule has 4 rings (SSSR count). The Bertz CT molecular complexity index is 720. The second-order valence-corrected chi connectivity index (χ2v) is 7.36. The summed E-state index contributed by atoms with van der Waals surface area (Å²) in [5.74, 6) is 0.0373. The fourth-order valence-corrected chi connectivity index (χ4v) is 5.71. The summed E-state index contributed by atoms with van der Waals surface area (Å²) < 4.78 is -0.481. The number of carbonyl (C=O) groups is 2. The number of hydrogen-bond acceptors (Lipinski definition) is 3. The fraction of sp³-hybridized carbons (Fsp3) is 0.263. The predicted octanol–water partition coefficient (Wildman–Crippen LogP) is 2.91. The molecule has 0 saturated carbocycles. The van der Waals surface area contributed by atoms with Crippen molar-refractivity contribution in [3.63, 3.8) is 0 Å². The standard InChI is InChI=1S/C19H17NO2S/c1-20-17(21)15-12-23-19(16(15)18(20)22,13-8-4-2-5-9-13)14-10-6-3-7-11-14/h2-11,15-16H,12H2,1H3. The third-order valence-corrected chi connectivity index (χ3v) is 6.69. The molecule has 0 spiro atoms. The Labute approximate surface area is 139 Å². The highest BCUT2D eigenvalue weighted by Gasteiger charge is 2.62. The third kappa shape index (κ3) is 1.91. The molecule has 2 heterocycles. The molecule has 2 aromatic carbocycles. The van der Waals surface area contributed by atoms with Gasteiger partial charge in [-0.3, -0.25) is 14.5 Å². The second-order valence-electron chi connectivity index (χ2n) is 6.10. The monoisotopic (exact) mass is 323 g/mol. The first kappa shape index (κ1) is 14.5. The first-order valence-corrected chi connectivity index (χ1v) is 8.71. The minimum Gasteiger partial charge on any atom is -0.285 e. The topological polar surface area (TPSA) is 37.4 Å². The summed E-state index contributed by atoms with van der Waals surface area (Å²) in [5.41, 5.74) is 2.19. The Morgan fingerprint density at radius 2 is 1.43 bits per heavy atom. The van der Waals surface area contributed by atoms with Crippen LogP contribution in [0.15, 0.2) is 60.7 Å². The number of benzene rings is 2. The Morgan fingerprint density at radius 1 is 0.913 bits per heavy atom.